The summed E-state index contributed by atoms with van der Waals surface area (Å²) in [5, 5.41) is 0.459. The summed E-state index contributed by atoms with van der Waals surface area (Å²) in [6.45, 7) is 9.95. The second-order valence-corrected chi connectivity index (χ2v) is 12.4. The van der Waals surface area contributed by atoms with Gasteiger partial charge in [0.25, 0.3) is 11.8 Å². The van der Waals surface area contributed by atoms with Crippen LogP contribution in [0.2, 0.25) is 18.1 Å². The summed E-state index contributed by atoms with van der Waals surface area (Å²) >= 11 is 0. The van der Waals surface area contributed by atoms with Gasteiger partial charge in [-0.2, -0.15) is 0 Å². The molecule has 2 rings (SSSR count). The number of nitrogens with zero attached hydrogens (tertiary/aromatic N) is 1. The molecule has 1 heterocycles. The molecule has 2 amide bonds. The maximum Gasteiger partial charge on any atom is 0.378 e. The molecule has 1 aromatic carbocycles. The standard InChI is InChI=1S/C17H22BNO6Si/c1-17(2,3)26(4,5)23-10-13(16(22)24-18)25-19-14(20)11-8-6-7-9-12(11)15(19)21/h6-9,13H,10H2,1-5H3. The number of hydrogen-bond acceptors (Lipinski definition) is 6. The van der Waals surface area contributed by atoms with Gasteiger partial charge in [0.05, 0.1) is 17.7 Å². The van der Waals surface area contributed by atoms with Crippen LogP contribution in [0, 0.1) is 0 Å². The number of carbonyl (C=O) groups is 3. The van der Waals surface area contributed by atoms with E-state index in [0.717, 1.165) is 0 Å². The molecule has 7 nitrogen and oxygen atoms in total. The Kier molecular flexibility index (Phi) is 5.74. The second kappa shape index (κ2) is 7.34. The molecule has 0 bridgehead atoms. The topological polar surface area (TPSA) is 82.1 Å². The van der Waals surface area contributed by atoms with Crippen molar-refractivity contribution in [2.24, 2.45) is 0 Å². The Morgan fingerprint density at radius 1 is 1.15 bits per heavy atom. The molecule has 0 saturated carbocycles. The minimum absolute atomic E-state index is 0.0975. The molecule has 1 atom stereocenters. The molecule has 26 heavy (non-hydrogen) atoms. The van der Waals surface area contributed by atoms with E-state index in [0.29, 0.717) is 5.06 Å². The van der Waals surface area contributed by atoms with Crippen LogP contribution in [-0.4, -0.2) is 51.9 Å². The van der Waals surface area contributed by atoms with Crippen LogP contribution in [0.5, 0.6) is 0 Å². The zero-order chi connectivity index (χ0) is 19.7. The van der Waals surface area contributed by atoms with Crippen LogP contribution in [0.4, 0.5) is 0 Å². The molecule has 1 aliphatic rings. The zero-order valence-electron chi connectivity index (χ0n) is 15.6. The highest BCUT2D eigenvalue weighted by Gasteiger charge is 2.42. The Bertz CT molecular complexity index is 695. The fraction of sp³-hybridized carbons (Fsp3) is 0.471. The van der Waals surface area contributed by atoms with E-state index in [2.05, 4.69) is 4.65 Å². The highest BCUT2D eigenvalue weighted by molar-refractivity contribution is 6.74. The van der Waals surface area contributed by atoms with Crippen LogP contribution in [0.15, 0.2) is 24.3 Å². The molecule has 1 aliphatic heterocycles. The van der Waals surface area contributed by atoms with E-state index in [9.17, 15) is 14.4 Å². The summed E-state index contributed by atoms with van der Waals surface area (Å²) in [4.78, 5) is 42.1. The highest BCUT2D eigenvalue weighted by Crippen LogP contribution is 2.36. The number of rotatable bonds is 6. The monoisotopic (exact) mass is 375 g/mol. The van der Waals surface area contributed by atoms with Crippen LogP contribution in [0.25, 0.3) is 0 Å². The Morgan fingerprint density at radius 3 is 2.08 bits per heavy atom. The minimum atomic E-state index is -2.20. The third-order valence-corrected chi connectivity index (χ3v) is 9.27. The Balaban J connectivity index is 2.16. The number of hydroxylamine groups is 2. The number of fused-ring (bicyclic) bond motifs is 1. The maximum atomic E-state index is 12.4. The molecular weight excluding hydrogens is 353 g/mol. The average molecular weight is 375 g/mol. The molecule has 138 valence electrons. The van der Waals surface area contributed by atoms with Crippen molar-refractivity contribution in [2.75, 3.05) is 6.61 Å². The van der Waals surface area contributed by atoms with E-state index >= 15 is 0 Å². The van der Waals surface area contributed by atoms with Crippen LogP contribution < -0.4 is 0 Å². The van der Waals surface area contributed by atoms with E-state index in [-0.39, 0.29) is 22.8 Å². The first-order chi connectivity index (χ1) is 12.0. The van der Waals surface area contributed by atoms with E-state index in [4.69, 9.17) is 17.3 Å². The lowest BCUT2D eigenvalue weighted by Crippen LogP contribution is -2.47. The van der Waals surface area contributed by atoms with Crippen LogP contribution in [0.3, 0.4) is 0 Å². The lowest BCUT2D eigenvalue weighted by atomic mass is 10.1. The quantitative estimate of drug-likeness (QED) is 0.560. The second-order valence-electron chi connectivity index (χ2n) is 7.55. The van der Waals surface area contributed by atoms with E-state index in [1.807, 2.05) is 33.9 Å². The number of benzene rings is 1. The molecule has 1 aromatic rings. The fourth-order valence-corrected chi connectivity index (χ4v) is 3.11. The number of amides is 2. The molecule has 0 N–H and O–H groups in total. The summed E-state index contributed by atoms with van der Waals surface area (Å²) in [5.74, 6) is -2.22. The van der Waals surface area contributed by atoms with Crippen molar-refractivity contribution >= 4 is 34.2 Å². The summed E-state index contributed by atoms with van der Waals surface area (Å²) in [6.07, 6.45) is -1.34. The molecule has 2 radical (unpaired) electrons. The molecule has 1 unspecified atom stereocenters. The number of imide groups is 1. The molecule has 0 saturated heterocycles. The third-order valence-electron chi connectivity index (χ3n) is 4.77. The predicted molar refractivity (Wildman–Crippen MR) is 96.8 cm³/mol. The van der Waals surface area contributed by atoms with Gasteiger partial charge in [0.2, 0.25) is 6.10 Å². The van der Waals surface area contributed by atoms with Gasteiger partial charge in [0, 0.05) is 0 Å². The van der Waals surface area contributed by atoms with Gasteiger partial charge in [-0.05, 0) is 30.3 Å². The van der Waals surface area contributed by atoms with Crippen molar-refractivity contribution in [1.82, 2.24) is 5.06 Å². The van der Waals surface area contributed by atoms with Crippen LogP contribution >= 0.6 is 0 Å². The van der Waals surface area contributed by atoms with Crippen molar-refractivity contribution in [3.05, 3.63) is 35.4 Å². The number of carbonyl (C=O) groups excluding carboxylic acids is 3. The van der Waals surface area contributed by atoms with Crippen molar-refractivity contribution in [2.45, 2.75) is 45.0 Å². The van der Waals surface area contributed by atoms with Crippen molar-refractivity contribution < 1.29 is 28.3 Å². The SMILES string of the molecule is [B]OC(=O)C(CO[Si](C)(C)C(C)(C)C)ON1C(=O)c2ccccc2C1=O. The van der Waals surface area contributed by atoms with E-state index < -0.39 is 32.2 Å². The van der Waals surface area contributed by atoms with E-state index in [1.54, 1.807) is 12.1 Å². The van der Waals surface area contributed by atoms with E-state index in [1.165, 1.54) is 12.1 Å². The molecule has 0 aliphatic carbocycles. The lowest BCUT2D eigenvalue weighted by Gasteiger charge is -2.37. The van der Waals surface area contributed by atoms with Gasteiger partial charge < -0.3 is 9.08 Å². The third kappa shape index (κ3) is 3.89. The maximum absolute atomic E-state index is 12.4. The highest BCUT2D eigenvalue weighted by atomic mass is 28.4. The molecular formula is C17H22BNO6Si. The smallest absolute Gasteiger partial charge is 0.378 e. The largest absolute Gasteiger partial charge is 0.541 e. The summed E-state index contributed by atoms with van der Waals surface area (Å²) in [6, 6.07) is 6.31. The van der Waals surface area contributed by atoms with Gasteiger partial charge in [0.1, 0.15) is 0 Å². The van der Waals surface area contributed by atoms with Crippen molar-refractivity contribution in [3.63, 3.8) is 0 Å². The predicted octanol–water partition coefficient (Wildman–Crippen LogP) is 2.23. The van der Waals surface area contributed by atoms with Crippen LogP contribution in [0.1, 0.15) is 41.5 Å². The minimum Gasteiger partial charge on any atom is -0.541 e. The average Bonchev–Trinajstić information content (AvgIpc) is 2.81. The zero-order valence-corrected chi connectivity index (χ0v) is 16.6. The Morgan fingerprint density at radius 2 is 1.65 bits per heavy atom. The molecule has 0 fully saturated rings. The first-order valence-corrected chi connectivity index (χ1v) is 11.1. The number of hydrogen-bond donors (Lipinski definition) is 0. The summed E-state index contributed by atoms with van der Waals surface area (Å²) in [5.41, 5.74) is 0.422. The Hall–Kier alpha value is -1.97. The fourth-order valence-electron chi connectivity index (χ4n) is 2.11. The van der Waals surface area contributed by atoms with Gasteiger partial charge in [-0.15, -0.1) is 5.06 Å². The first-order valence-electron chi connectivity index (χ1n) is 8.18. The van der Waals surface area contributed by atoms with Crippen molar-refractivity contribution in [1.29, 1.82) is 0 Å². The molecule has 0 aromatic heterocycles. The first kappa shape index (κ1) is 20.3. The van der Waals surface area contributed by atoms with Gasteiger partial charge in [-0.3, -0.25) is 14.4 Å². The van der Waals surface area contributed by atoms with Crippen LogP contribution in [-0.2, 0) is 18.7 Å². The summed E-state index contributed by atoms with van der Waals surface area (Å²) < 4.78 is 10.2. The molecule has 9 heteroatoms. The van der Waals surface area contributed by atoms with Crippen molar-refractivity contribution in [3.8, 4) is 0 Å². The summed E-state index contributed by atoms with van der Waals surface area (Å²) in [7, 11) is 2.77. The van der Waals surface area contributed by atoms with Gasteiger partial charge in [-0.25, -0.2) is 4.84 Å². The van der Waals surface area contributed by atoms with Gasteiger partial charge in [0.15, 0.2) is 8.32 Å². The van der Waals surface area contributed by atoms with Gasteiger partial charge in [-0.1, -0.05) is 32.9 Å². The normalized spacial score (nSPS) is 15.8. The van der Waals surface area contributed by atoms with Gasteiger partial charge >= 0.3 is 14.0 Å². The lowest BCUT2D eigenvalue weighted by molar-refractivity contribution is -0.176. The molecule has 0 spiro atoms. The Labute approximate surface area is 155 Å².